The van der Waals surface area contributed by atoms with Crippen molar-refractivity contribution in [2.24, 2.45) is 0 Å². The Labute approximate surface area is 160 Å². The molecule has 0 unspecified atom stereocenters. The van der Waals surface area contributed by atoms with Gasteiger partial charge in [0.25, 0.3) is 0 Å². The molecule has 146 valence electrons. The summed E-state index contributed by atoms with van der Waals surface area (Å²) in [5.74, 6) is 0.217. The van der Waals surface area contributed by atoms with Gasteiger partial charge in [0.2, 0.25) is 5.91 Å². The second kappa shape index (κ2) is 8.00. The quantitative estimate of drug-likeness (QED) is 0.874. The van der Waals surface area contributed by atoms with Crippen molar-refractivity contribution < 1.29 is 14.3 Å². The van der Waals surface area contributed by atoms with Crippen molar-refractivity contribution in [2.75, 3.05) is 53.1 Å². The van der Waals surface area contributed by atoms with Crippen LogP contribution in [-0.4, -0.2) is 79.3 Å². The van der Waals surface area contributed by atoms with Gasteiger partial charge in [-0.05, 0) is 24.5 Å². The van der Waals surface area contributed by atoms with Gasteiger partial charge in [-0.2, -0.15) is 0 Å². The van der Waals surface area contributed by atoms with Gasteiger partial charge in [-0.1, -0.05) is 18.2 Å². The standard InChI is InChI=1S/C21H29N3O3/c1-26-12-10-24-11-13-27-16-21(24)6-8-23(9-7-21)20(25)14-17-15-22-19-5-3-2-4-18(17)19/h2-5,15,22H,6-14,16H2,1H3. The van der Waals surface area contributed by atoms with E-state index in [2.05, 4.69) is 16.0 Å². The van der Waals surface area contributed by atoms with Gasteiger partial charge in [0, 0.05) is 55.9 Å². The van der Waals surface area contributed by atoms with Crippen LogP contribution in [0.2, 0.25) is 0 Å². The predicted molar refractivity (Wildman–Crippen MR) is 105 cm³/mol. The molecule has 2 fully saturated rings. The molecule has 1 spiro atoms. The van der Waals surface area contributed by atoms with Crippen molar-refractivity contribution in [1.82, 2.24) is 14.8 Å². The summed E-state index contributed by atoms with van der Waals surface area (Å²) in [6.07, 6.45) is 4.36. The Morgan fingerprint density at radius 1 is 1.26 bits per heavy atom. The first-order valence-corrected chi connectivity index (χ1v) is 9.86. The average Bonchev–Trinajstić information content (AvgIpc) is 3.11. The molecule has 0 saturated carbocycles. The number of carbonyl (C=O) groups excluding carboxylic acids is 1. The molecule has 6 nitrogen and oxygen atoms in total. The van der Waals surface area contributed by atoms with Crippen LogP contribution < -0.4 is 0 Å². The Balaban J connectivity index is 1.38. The molecule has 1 amide bonds. The number of hydrogen-bond donors (Lipinski definition) is 1. The van der Waals surface area contributed by atoms with Crippen LogP contribution in [0.4, 0.5) is 0 Å². The van der Waals surface area contributed by atoms with Gasteiger partial charge in [0.1, 0.15) is 0 Å². The molecular formula is C21H29N3O3. The number of para-hydroxylation sites is 1. The molecule has 4 rings (SSSR count). The van der Waals surface area contributed by atoms with Crippen LogP contribution in [0, 0.1) is 0 Å². The summed E-state index contributed by atoms with van der Waals surface area (Å²) in [6.45, 7) is 5.78. The molecule has 1 N–H and O–H groups in total. The monoisotopic (exact) mass is 371 g/mol. The van der Waals surface area contributed by atoms with Crippen LogP contribution in [0.3, 0.4) is 0 Å². The first kappa shape index (κ1) is 18.5. The van der Waals surface area contributed by atoms with Crippen molar-refractivity contribution in [3.05, 3.63) is 36.0 Å². The molecule has 2 aromatic rings. The molecule has 2 aliphatic heterocycles. The molecule has 6 heteroatoms. The molecule has 0 radical (unpaired) electrons. The van der Waals surface area contributed by atoms with E-state index in [1.54, 1.807) is 7.11 Å². The minimum atomic E-state index is 0.0638. The van der Waals surface area contributed by atoms with Gasteiger partial charge in [0.05, 0.1) is 26.2 Å². The molecule has 0 aliphatic carbocycles. The SMILES string of the molecule is COCCN1CCOCC12CCN(C(=O)Cc1c[nH]c3ccccc13)CC2. The van der Waals surface area contributed by atoms with Crippen LogP contribution in [0.1, 0.15) is 18.4 Å². The Kier molecular flexibility index (Phi) is 5.48. The summed E-state index contributed by atoms with van der Waals surface area (Å²) < 4.78 is 11.1. The summed E-state index contributed by atoms with van der Waals surface area (Å²) in [7, 11) is 1.75. The molecule has 3 heterocycles. The third kappa shape index (κ3) is 3.74. The van der Waals surface area contributed by atoms with Crippen LogP contribution >= 0.6 is 0 Å². The summed E-state index contributed by atoms with van der Waals surface area (Å²) in [4.78, 5) is 20.7. The number of likely N-dealkylation sites (tertiary alicyclic amines) is 1. The number of benzene rings is 1. The topological polar surface area (TPSA) is 57.8 Å². The number of amides is 1. The van der Waals surface area contributed by atoms with Crippen LogP contribution in [0.25, 0.3) is 10.9 Å². The highest BCUT2D eigenvalue weighted by Crippen LogP contribution is 2.32. The number of nitrogens with zero attached hydrogens (tertiary/aromatic N) is 2. The lowest BCUT2D eigenvalue weighted by Crippen LogP contribution is -2.62. The van der Waals surface area contributed by atoms with Crippen LogP contribution in [-0.2, 0) is 20.7 Å². The molecule has 2 saturated heterocycles. The maximum absolute atomic E-state index is 12.9. The summed E-state index contributed by atoms with van der Waals surface area (Å²) in [5, 5.41) is 1.14. The molecule has 1 aromatic carbocycles. The number of H-pyrrole nitrogens is 1. The summed E-state index contributed by atoms with van der Waals surface area (Å²) in [5.41, 5.74) is 2.23. The van der Waals surface area contributed by atoms with Gasteiger partial charge >= 0.3 is 0 Å². The van der Waals surface area contributed by atoms with E-state index in [4.69, 9.17) is 9.47 Å². The van der Waals surface area contributed by atoms with Crippen LogP contribution in [0.15, 0.2) is 30.5 Å². The number of fused-ring (bicyclic) bond motifs is 1. The molecular weight excluding hydrogens is 342 g/mol. The minimum Gasteiger partial charge on any atom is -0.383 e. The summed E-state index contributed by atoms with van der Waals surface area (Å²) >= 11 is 0. The predicted octanol–water partition coefficient (Wildman–Crippen LogP) is 2.05. The number of nitrogens with one attached hydrogen (secondary N) is 1. The lowest BCUT2D eigenvalue weighted by Gasteiger charge is -2.51. The van der Waals surface area contributed by atoms with E-state index in [9.17, 15) is 4.79 Å². The molecule has 1 aromatic heterocycles. The second-order valence-electron chi connectivity index (χ2n) is 7.67. The zero-order chi connectivity index (χ0) is 18.7. The van der Waals surface area contributed by atoms with E-state index in [0.29, 0.717) is 6.42 Å². The normalized spacial score (nSPS) is 20.4. The van der Waals surface area contributed by atoms with E-state index in [-0.39, 0.29) is 11.4 Å². The fourth-order valence-electron chi connectivity index (χ4n) is 4.50. The average molecular weight is 371 g/mol. The Morgan fingerprint density at radius 2 is 2.07 bits per heavy atom. The van der Waals surface area contributed by atoms with E-state index >= 15 is 0 Å². The highest BCUT2D eigenvalue weighted by atomic mass is 16.5. The smallest absolute Gasteiger partial charge is 0.227 e. The van der Waals surface area contributed by atoms with Crippen molar-refractivity contribution >= 4 is 16.8 Å². The molecule has 0 atom stereocenters. The molecule has 2 aliphatic rings. The number of ether oxygens (including phenoxy) is 2. The summed E-state index contributed by atoms with van der Waals surface area (Å²) in [6, 6.07) is 8.15. The van der Waals surface area contributed by atoms with Gasteiger partial charge in [-0.3, -0.25) is 9.69 Å². The Bertz CT molecular complexity index is 780. The number of carbonyl (C=O) groups is 1. The highest BCUT2D eigenvalue weighted by Gasteiger charge is 2.42. The van der Waals surface area contributed by atoms with Gasteiger partial charge < -0.3 is 19.4 Å². The first-order valence-electron chi connectivity index (χ1n) is 9.86. The van der Waals surface area contributed by atoms with Gasteiger partial charge in [-0.15, -0.1) is 0 Å². The Hall–Kier alpha value is -1.89. The number of aromatic amines is 1. The van der Waals surface area contributed by atoms with E-state index in [1.165, 1.54) is 0 Å². The van der Waals surface area contributed by atoms with E-state index in [1.807, 2.05) is 29.3 Å². The molecule has 27 heavy (non-hydrogen) atoms. The zero-order valence-corrected chi connectivity index (χ0v) is 16.1. The van der Waals surface area contributed by atoms with Crippen molar-refractivity contribution in [2.45, 2.75) is 24.8 Å². The number of rotatable bonds is 5. The largest absolute Gasteiger partial charge is 0.383 e. The maximum Gasteiger partial charge on any atom is 0.227 e. The highest BCUT2D eigenvalue weighted by molar-refractivity contribution is 5.88. The zero-order valence-electron chi connectivity index (χ0n) is 16.1. The van der Waals surface area contributed by atoms with Crippen molar-refractivity contribution in [3.8, 4) is 0 Å². The third-order valence-electron chi connectivity index (χ3n) is 6.18. The lowest BCUT2D eigenvalue weighted by molar-refractivity contribution is -0.138. The number of hydrogen-bond acceptors (Lipinski definition) is 4. The number of aromatic nitrogens is 1. The Morgan fingerprint density at radius 3 is 2.89 bits per heavy atom. The van der Waals surface area contributed by atoms with Crippen molar-refractivity contribution in [1.29, 1.82) is 0 Å². The minimum absolute atomic E-state index is 0.0638. The van der Waals surface area contributed by atoms with E-state index in [0.717, 1.165) is 75.3 Å². The first-order chi connectivity index (χ1) is 13.2. The lowest BCUT2D eigenvalue weighted by atomic mass is 9.85. The second-order valence-corrected chi connectivity index (χ2v) is 7.67. The van der Waals surface area contributed by atoms with Gasteiger partial charge in [-0.25, -0.2) is 0 Å². The number of morpholine rings is 1. The maximum atomic E-state index is 12.9. The van der Waals surface area contributed by atoms with Crippen molar-refractivity contribution in [3.63, 3.8) is 0 Å². The van der Waals surface area contributed by atoms with Gasteiger partial charge in [0.15, 0.2) is 0 Å². The van der Waals surface area contributed by atoms with E-state index < -0.39 is 0 Å². The van der Waals surface area contributed by atoms with Crippen LogP contribution in [0.5, 0.6) is 0 Å². The number of methoxy groups -OCH3 is 1. The molecule has 0 bridgehead atoms. The third-order valence-corrected chi connectivity index (χ3v) is 6.18. The number of piperidine rings is 1. The fourth-order valence-corrected chi connectivity index (χ4v) is 4.50. The fraction of sp³-hybridized carbons (Fsp3) is 0.571.